The van der Waals surface area contributed by atoms with Gasteiger partial charge in [-0.2, -0.15) is 17.5 Å². The molecule has 20 heavy (non-hydrogen) atoms. The molecule has 1 aromatic rings. The predicted molar refractivity (Wildman–Crippen MR) is 64.7 cm³/mol. The van der Waals surface area contributed by atoms with Crippen molar-refractivity contribution in [1.82, 2.24) is 9.29 Å². The maximum Gasteiger partial charge on any atom is 0.433 e. The Morgan fingerprint density at radius 3 is 2.60 bits per heavy atom. The number of rotatable bonds is 4. The van der Waals surface area contributed by atoms with Gasteiger partial charge in [-0.3, -0.25) is 0 Å². The monoisotopic (exact) mass is 310 g/mol. The van der Waals surface area contributed by atoms with E-state index in [0.29, 0.717) is 0 Å². The third kappa shape index (κ3) is 3.21. The lowest BCUT2D eigenvalue weighted by molar-refractivity contribution is -0.141. The number of ether oxygens (including phenoxy) is 1. The van der Waals surface area contributed by atoms with Gasteiger partial charge < -0.3 is 4.74 Å². The topological polar surface area (TPSA) is 59.5 Å². The van der Waals surface area contributed by atoms with Crippen LogP contribution in [0.4, 0.5) is 13.2 Å². The maximum atomic E-state index is 12.5. The molecule has 0 N–H and O–H groups in total. The average Bonchev–Trinajstić information content (AvgIpc) is 2.32. The molecule has 0 saturated carbocycles. The minimum atomic E-state index is -4.53. The molecule has 112 valence electrons. The molecule has 0 unspecified atom stereocenters. The molecule has 5 nitrogen and oxygen atoms in total. The molecular formula is C11H13F3N2O3S. The van der Waals surface area contributed by atoms with Crippen LogP contribution in [0.1, 0.15) is 12.6 Å². The lowest BCUT2D eigenvalue weighted by atomic mass is 10.2. The zero-order valence-electron chi connectivity index (χ0n) is 10.6. The van der Waals surface area contributed by atoms with Crippen LogP contribution in [0.3, 0.4) is 0 Å². The van der Waals surface area contributed by atoms with Gasteiger partial charge >= 0.3 is 6.18 Å². The van der Waals surface area contributed by atoms with E-state index in [1.165, 1.54) is 23.4 Å². The largest absolute Gasteiger partial charge is 0.472 e. The minimum Gasteiger partial charge on any atom is -0.472 e. The Bertz CT molecular complexity index is 583. The standard InChI is InChI=1S/C11H13F3N2O3S/c1-2-20(17,18)16-6-8(7-16)19-10-5-3-4-9(15-10)11(12,13)14/h3-5,8H,2,6-7H2,1H3. The van der Waals surface area contributed by atoms with Crippen LogP contribution in [0, 0.1) is 0 Å². The summed E-state index contributed by atoms with van der Waals surface area (Å²) in [5, 5.41) is 0. The van der Waals surface area contributed by atoms with E-state index in [-0.39, 0.29) is 24.7 Å². The Morgan fingerprint density at radius 1 is 1.40 bits per heavy atom. The van der Waals surface area contributed by atoms with E-state index in [0.717, 1.165) is 6.07 Å². The SMILES string of the molecule is CCS(=O)(=O)N1CC(Oc2cccc(C(F)(F)F)n2)C1. The molecule has 1 aromatic heterocycles. The highest BCUT2D eigenvalue weighted by atomic mass is 32.2. The molecule has 0 radical (unpaired) electrons. The number of nitrogens with zero attached hydrogens (tertiary/aromatic N) is 2. The van der Waals surface area contributed by atoms with Gasteiger partial charge in [-0.25, -0.2) is 13.4 Å². The van der Waals surface area contributed by atoms with Crippen molar-refractivity contribution in [2.75, 3.05) is 18.8 Å². The van der Waals surface area contributed by atoms with E-state index < -0.39 is 28.0 Å². The summed E-state index contributed by atoms with van der Waals surface area (Å²) in [6.07, 6.45) is -5.00. The fourth-order valence-corrected chi connectivity index (χ4v) is 2.85. The van der Waals surface area contributed by atoms with Gasteiger partial charge in [-0.15, -0.1) is 0 Å². The van der Waals surface area contributed by atoms with Crippen molar-refractivity contribution in [3.8, 4) is 5.88 Å². The third-order valence-corrected chi connectivity index (χ3v) is 4.69. The first-order valence-electron chi connectivity index (χ1n) is 5.91. The quantitative estimate of drug-likeness (QED) is 0.846. The molecule has 1 saturated heterocycles. The Balaban J connectivity index is 1.97. The van der Waals surface area contributed by atoms with Gasteiger partial charge in [-0.1, -0.05) is 6.07 Å². The summed E-state index contributed by atoms with van der Waals surface area (Å²) in [6.45, 7) is 1.79. The summed E-state index contributed by atoms with van der Waals surface area (Å²) < 4.78 is 66.8. The first-order valence-corrected chi connectivity index (χ1v) is 7.52. The van der Waals surface area contributed by atoms with Crippen LogP contribution in [0.25, 0.3) is 0 Å². The van der Waals surface area contributed by atoms with Crippen molar-refractivity contribution in [1.29, 1.82) is 0 Å². The molecular weight excluding hydrogens is 297 g/mol. The van der Waals surface area contributed by atoms with Crippen molar-refractivity contribution in [3.05, 3.63) is 23.9 Å². The van der Waals surface area contributed by atoms with Crippen LogP contribution < -0.4 is 4.74 Å². The van der Waals surface area contributed by atoms with E-state index >= 15 is 0 Å². The molecule has 2 rings (SSSR count). The second-order valence-corrected chi connectivity index (χ2v) is 6.57. The molecule has 1 fully saturated rings. The molecule has 0 atom stereocenters. The lowest BCUT2D eigenvalue weighted by Crippen LogP contribution is -2.56. The second kappa shape index (κ2) is 5.21. The Hall–Kier alpha value is -1.35. The van der Waals surface area contributed by atoms with Crippen molar-refractivity contribution in [2.45, 2.75) is 19.2 Å². The number of alkyl halides is 3. The summed E-state index contributed by atoms with van der Waals surface area (Å²) in [5.41, 5.74) is -1.03. The normalized spacial score (nSPS) is 17.8. The van der Waals surface area contributed by atoms with Crippen molar-refractivity contribution in [3.63, 3.8) is 0 Å². The molecule has 1 aliphatic rings. The zero-order chi connectivity index (χ0) is 15.0. The van der Waals surface area contributed by atoms with Gasteiger partial charge in [0.25, 0.3) is 0 Å². The first-order chi connectivity index (χ1) is 9.22. The lowest BCUT2D eigenvalue weighted by Gasteiger charge is -2.37. The van der Waals surface area contributed by atoms with Gasteiger partial charge in [0, 0.05) is 6.07 Å². The number of hydrogen-bond donors (Lipinski definition) is 0. The summed E-state index contributed by atoms with van der Waals surface area (Å²) in [6, 6.07) is 3.36. The fraction of sp³-hybridized carbons (Fsp3) is 0.545. The van der Waals surface area contributed by atoms with E-state index in [1.54, 1.807) is 0 Å². The molecule has 1 aliphatic heterocycles. The number of halogens is 3. The number of sulfonamides is 1. The van der Waals surface area contributed by atoms with Crippen LogP contribution in [0.2, 0.25) is 0 Å². The molecule has 2 heterocycles. The van der Waals surface area contributed by atoms with E-state index in [1.807, 2.05) is 0 Å². The summed E-state index contributed by atoms with van der Waals surface area (Å²) in [5.74, 6) is -0.167. The van der Waals surface area contributed by atoms with E-state index in [4.69, 9.17) is 4.74 Å². The Labute approximate surface area is 114 Å². The second-order valence-electron chi connectivity index (χ2n) is 4.32. The van der Waals surface area contributed by atoms with Crippen LogP contribution in [0.5, 0.6) is 5.88 Å². The van der Waals surface area contributed by atoms with Crippen molar-refractivity contribution in [2.24, 2.45) is 0 Å². The van der Waals surface area contributed by atoms with Crippen LogP contribution in [-0.2, 0) is 16.2 Å². The highest BCUT2D eigenvalue weighted by Gasteiger charge is 2.37. The summed E-state index contributed by atoms with van der Waals surface area (Å²) >= 11 is 0. The Morgan fingerprint density at radius 2 is 2.05 bits per heavy atom. The molecule has 0 spiro atoms. The smallest absolute Gasteiger partial charge is 0.433 e. The number of aromatic nitrogens is 1. The molecule has 0 aromatic carbocycles. The Kier molecular flexibility index (Phi) is 3.92. The summed E-state index contributed by atoms with van der Waals surface area (Å²) in [4.78, 5) is 3.36. The van der Waals surface area contributed by atoms with Crippen molar-refractivity contribution < 1.29 is 26.3 Å². The van der Waals surface area contributed by atoms with Crippen LogP contribution >= 0.6 is 0 Å². The molecule has 0 amide bonds. The highest BCUT2D eigenvalue weighted by molar-refractivity contribution is 7.89. The fourth-order valence-electron chi connectivity index (χ4n) is 1.69. The minimum absolute atomic E-state index is 0.0124. The van der Waals surface area contributed by atoms with Crippen LogP contribution in [0.15, 0.2) is 18.2 Å². The maximum absolute atomic E-state index is 12.5. The predicted octanol–water partition coefficient (Wildman–Crippen LogP) is 1.51. The van der Waals surface area contributed by atoms with Gasteiger partial charge in [0.15, 0.2) is 0 Å². The van der Waals surface area contributed by atoms with Gasteiger partial charge in [-0.05, 0) is 13.0 Å². The first kappa shape index (κ1) is 15.0. The highest BCUT2D eigenvalue weighted by Crippen LogP contribution is 2.29. The number of pyridine rings is 1. The summed E-state index contributed by atoms with van der Waals surface area (Å²) in [7, 11) is -3.27. The van der Waals surface area contributed by atoms with Crippen LogP contribution in [-0.4, -0.2) is 42.7 Å². The zero-order valence-corrected chi connectivity index (χ0v) is 11.4. The number of hydrogen-bond acceptors (Lipinski definition) is 4. The molecule has 0 bridgehead atoms. The van der Waals surface area contributed by atoms with Gasteiger partial charge in [0.2, 0.25) is 15.9 Å². The van der Waals surface area contributed by atoms with Gasteiger partial charge in [0.05, 0.1) is 18.8 Å². The third-order valence-electron chi connectivity index (χ3n) is 2.87. The van der Waals surface area contributed by atoms with Gasteiger partial charge in [0.1, 0.15) is 11.8 Å². The van der Waals surface area contributed by atoms with Crippen molar-refractivity contribution >= 4 is 10.0 Å². The molecule has 9 heteroatoms. The van der Waals surface area contributed by atoms with E-state index in [9.17, 15) is 21.6 Å². The molecule has 0 aliphatic carbocycles. The van der Waals surface area contributed by atoms with E-state index in [2.05, 4.69) is 4.98 Å². The average molecular weight is 310 g/mol.